The molecule has 0 spiro atoms. The third kappa shape index (κ3) is 9.20. The first-order chi connectivity index (χ1) is 28.1. The molecule has 320 valence electrons. The molecule has 4 aromatic heterocycles. The number of ketones is 1. The Labute approximate surface area is 342 Å². The Hall–Kier alpha value is -6.50. The molecule has 18 nitrogen and oxygen atoms in total. The molecule has 1 aliphatic rings. The van der Waals surface area contributed by atoms with E-state index in [9.17, 15) is 54.6 Å². The van der Waals surface area contributed by atoms with Crippen LogP contribution in [0.25, 0.3) is 23.8 Å². The number of rotatable bonds is 16. The molecule has 0 radical (unpaired) electrons. The summed E-state index contributed by atoms with van der Waals surface area (Å²) in [6.45, 7) is 9.91. The van der Waals surface area contributed by atoms with Crippen molar-refractivity contribution in [1.29, 1.82) is 0 Å². The van der Waals surface area contributed by atoms with E-state index in [1.807, 2.05) is 0 Å². The van der Waals surface area contributed by atoms with Crippen LogP contribution in [0.3, 0.4) is 0 Å². The van der Waals surface area contributed by atoms with Crippen LogP contribution in [0.5, 0.6) is 0 Å². The quantitative estimate of drug-likeness (QED) is 0.0691. The monoisotopic (exact) mass is 830 g/mol. The number of aliphatic hydroxyl groups is 2. The number of nitrogens with two attached hydrogens (primary N) is 1. The molecule has 5 rings (SSSR count). The smallest absolute Gasteiger partial charge is 0.305 e. The molecule has 13 N–H and O–H groups in total. The molecule has 0 fully saturated rings. The molecule has 0 saturated carbocycles. The summed E-state index contributed by atoms with van der Waals surface area (Å²) >= 11 is 0. The number of carbonyl (C=O) groups is 6. The second-order valence-electron chi connectivity index (χ2n) is 15.2. The van der Waals surface area contributed by atoms with Crippen LogP contribution in [-0.4, -0.2) is 98.2 Å². The summed E-state index contributed by atoms with van der Waals surface area (Å²) in [5.74, 6) is -6.96. The van der Waals surface area contributed by atoms with Gasteiger partial charge in [0.05, 0.1) is 47.7 Å². The van der Waals surface area contributed by atoms with E-state index in [4.69, 9.17) is 5.73 Å². The van der Waals surface area contributed by atoms with Gasteiger partial charge in [0.15, 0.2) is 5.78 Å². The highest BCUT2D eigenvalue weighted by atomic mass is 16.4. The molecular weight excluding hydrogens is 780 g/mol. The largest absolute Gasteiger partial charge is 0.481 e. The minimum atomic E-state index is -1.80. The molecule has 0 aliphatic carbocycles. The van der Waals surface area contributed by atoms with Crippen molar-refractivity contribution in [2.75, 3.05) is 0 Å². The van der Waals surface area contributed by atoms with Crippen LogP contribution in [0.15, 0.2) is 0 Å². The lowest BCUT2D eigenvalue weighted by Gasteiger charge is -2.20. The van der Waals surface area contributed by atoms with Crippen LogP contribution in [0.4, 0.5) is 0 Å². The van der Waals surface area contributed by atoms with Gasteiger partial charge in [-0.2, -0.15) is 0 Å². The Kier molecular flexibility index (Phi) is 13.2. The van der Waals surface area contributed by atoms with Gasteiger partial charge in [0, 0.05) is 57.1 Å². The van der Waals surface area contributed by atoms with Gasteiger partial charge in [-0.3, -0.25) is 28.8 Å². The fraction of sp³-hybridized carbons (Fsp3) is 0.381. The normalized spacial score (nSPS) is 14.2. The summed E-state index contributed by atoms with van der Waals surface area (Å²) in [4.78, 5) is 88.6. The topological polar surface area (TPSA) is 325 Å². The molecular formula is C42H50N6O12. The summed E-state index contributed by atoms with van der Waals surface area (Å²) in [6.07, 6.45) is 0.921. The van der Waals surface area contributed by atoms with E-state index < -0.39 is 72.7 Å². The first-order valence-electron chi connectivity index (χ1n) is 19.2. The van der Waals surface area contributed by atoms with Crippen LogP contribution in [0.1, 0.15) is 119 Å². The van der Waals surface area contributed by atoms with Crippen molar-refractivity contribution in [1.82, 2.24) is 25.3 Å². The average molecular weight is 831 g/mol. The third-order valence-electron chi connectivity index (χ3n) is 10.9. The zero-order chi connectivity index (χ0) is 44.5. The van der Waals surface area contributed by atoms with Crippen LogP contribution in [0, 0.1) is 27.7 Å². The van der Waals surface area contributed by atoms with Crippen LogP contribution >= 0.6 is 0 Å². The lowest BCUT2D eigenvalue weighted by Crippen LogP contribution is -2.50. The van der Waals surface area contributed by atoms with Gasteiger partial charge in [0.2, 0.25) is 5.91 Å². The van der Waals surface area contributed by atoms with E-state index in [1.165, 1.54) is 13.8 Å². The zero-order valence-corrected chi connectivity index (χ0v) is 34.0. The Balaban J connectivity index is 1.99. The van der Waals surface area contributed by atoms with Crippen molar-refractivity contribution in [2.45, 2.75) is 104 Å². The third-order valence-corrected chi connectivity index (χ3v) is 10.9. The van der Waals surface area contributed by atoms with Crippen molar-refractivity contribution in [3.63, 3.8) is 0 Å². The van der Waals surface area contributed by atoms with Crippen molar-refractivity contribution in [3.8, 4) is 0 Å². The maximum absolute atomic E-state index is 15.0. The number of carboxylic acids is 4. The fourth-order valence-electron chi connectivity index (χ4n) is 7.95. The molecule has 18 heteroatoms. The van der Waals surface area contributed by atoms with E-state index in [2.05, 4.69) is 25.3 Å². The molecule has 5 heterocycles. The second-order valence-corrected chi connectivity index (χ2v) is 15.2. The number of hydrogen-bond donors (Lipinski definition) is 12. The molecule has 0 saturated heterocycles. The molecule has 1 aliphatic heterocycles. The van der Waals surface area contributed by atoms with Gasteiger partial charge in [-0.05, 0) is 106 Å². The molecule has 2 unspecified atom stereocenters. The zero-order valence-electron chi connectivity index (χ0n) is 34.0. The predicted molar refractivity (Wildman–Crippen MR) is 216 cm³/mol. The Morgan fingerprint density at radius 1 is 0.617 bits per heavy atom. The van der Waals surface area contributed by atoms with Crippen LogP contribution < -0.4 is 32.4 Å². The Bertz CT molecular complexity index is 2670. The highest BCUT2D eigenvalue weighted by Gasteiger charge is 2.34. The summed E-state index contributed by atoms with van der Waals surface area (Å²) in [6, 6.07) is -3.43. The fourth-order valence-corrected chi connectivity index (χ4v) is 7.95. The van der Waals surface area contributed by atoms with Crippen molar-refractivity contribution in [3.05, 3.63) is 88.7 Å². The van der Waals surface area contributed by atoms with Gasteiger partial charge in [-0.1, -0.05) is 0 Å². The molecule has 1 amide bonds. The number of carboxylic acid groups (broad SMARTS) is 4. The number of nitrogens with one attached hydrogen (secondary N) is 5. The van der Waals surface area contributed by atoms with E-state index in [-0.39, 0.29) is 47.9 Å². The number of aliphatic hydroxyl groups excluding tert-OH is 2. The van der Waals surface area contributed by atoms with Crippen molar-refractivity contribution in [2.24, 2.45) is 5.73 Å². The maximum Gasteiger partial charge on any atom is 0.305 e. The molecule has 60 heavy (non-hydrogen) atoms. The van der Waals surface area contributed by atoms with E-state index in [1.54, 1.807) is 45.9 Å². The number of fused-ring (bicyclic) bond motifs is 8. The van der Waals surface area contributed by atoms with Gasteiger partial charge >= 0.3 is 23.9 Å². The van der Waals surface area contributed by atoms with Gasteiger partial charge in [-0.25, -0.2) is 0 Å². The first-order valence-corrected chi connectivity index (χ1v) is 19.2. The standard InChI is InChI=1S/C42H50N6O12/c1-16-22(7-9-32(51)52)28-14-29-23(8-10-33(53)54)17(2)26(45-29)13-30-36(20(5)49)19(4)39(47-30)38(40-37(21(6)50)18(3)27(46-40)12-25(16)44-28)41(59)31(15-35(57)58)48-42(60)24(43)11-34(55)56/h12-14,20-21,24,31,44-47,49-50H,7-11,15,43H2,1-6H3,(H,48,60)(H,51,52)(H,53,54)(H,55,56)(H,57,58)/t20?,21?,24-,31-/m0/s1. The molecule has 0 aromatic carbocycles. The number of hydrogen-bond acceptors (Lipinski definition) is 9. The number of aliphatic carboxylic acids is 4. The average Bonchev–Trinajstić information content (AvgIpc) is 3.82. The lowest BCUT2D eigenvalue weighted by molar-refractivity contribution is -0.141. The van der Waals surface area contributed by atoms with Crippen molar-refractivity contribution < 1.29 is 59.4 Å². The Morgan fingerprint density at radius 3 is 1.73 bits per heavy atom. The number of aromatic amines is 4. The van der Waals surface area contributed by atoms with Crippen LogP contribution in [-0.2, 0) is 41.6 Å². The predicted octanol–water partition coefficient (Wildman–Crippen LogP) is -0.297. The summed E-state index contributed by atoms with van der Waals surface area (Å²) in [5.41, 5.74) is 11.2. The number of Topliss-reactive ketones (excluding diaryl/α,β-unsaturated/α-hetero) is 1. The maximum atomic E-state index is 15.0. The SMILES string of the molecule is Cc1c2[nH]c(c1CCC(=O)O)C=c1[nH]c(c(C)c1CCC(=O)O)=Cc1[nH]c(c(C)c1C(C)O)C(C(=O)[C@H](CC(=O)O)NC(=O)[C@@H](N)CC(=O)O)=c1[nH]c(c(C)c1C(C)O)=C2. The molecule has 4 aromatic rings. The number of aromatic nitrogens is 4. The van der Waals surface area contributed by atoms with Gasteiger partial charge in [0.25, 0.3) is 0 Å². The highest BCUT2D eigenvalue weighted by Crippen LogP contribution is 2.31. The minimum Gasteiger partial charge on any atom is -0.481 e. The van der Waals surface area contributed by atoms with Gasteiger partial charge < -0.3 is 61.6 Å². The van der Waals surface area contributed by atoms with E-state index in [0.717, 1.165) is 0 Å². The van der Waals surface area contributed by atoms with Gasteiger partial charge in [-0.15, -0.1) is 0 Å². The summed E-state index contributed by atoms with van der Waals surface area (Å²) < 4.78 is 0. The number of amides is 1. The highest BCUT2D eigenvalue weighted by molar-refractivity contribution is 6.24. The molecule has 8 bridgehead atoms. The van der Waals surface area contributed by atoms with Crippen molar-refractivity contribution >= 4 is 59.4 Å². The van der Waals surface area contributed by atoms with Crippen LogP contribution in [0.2, 0.25) is 0 Å². The van der Waals surface area contributed by atoms with E-state index >= 15 is 4.79 Å². The lowest BCUT2D eigenvalue weighted by atomic mass is 9.93. The number of H-pyrrole nitrogens is 4. The summed E-state index contributed by atoms with van der Waals surface area (Å²) in [7, 11) is 0. The number of carbonyl (C=O) groups excluding carboxylic acids is 2. The second kappa shape index (κ2) is 17.8. The Morgan fingerprint density at radius 2 is 1.17 bits per heavy atom. The van der Waals surface area contributed by atoms with Gasteiger partial charge in [0.1, 0.15) is 6.04 Å². The first kappa shape index (κ1) is 44.6. The van der Waals surface area contributed by atoms with E-state index in [0.29, 0.717) is 72.1 Å². The molecule has 4 atom stereocenters. The summed E-state index contributed by atoms with van der Waals surface area (Å²) in [5, 5.41) is 64.9. The minimum absolute atomic E-state index is 0.0507.